The normalized spacial score (nSPS) is 10.8. The van der Waals surface area contributed by atoms with E-state index in [4.69, 9.17) is 4.74 Å². The Morgan fingerprint density at radius 1 is 0.786 bits per heavy atom. The number of phenolic OH excluding ortho intramolecular Hbond substituents is 1. The van der Waals surface area contributed by atoms with Gasteiger partial charge in [-0.1, -0.05) is 66.7 Å². The highest BCUT2D eigenvalue weighted by atomic mass is 19.1. The second kappa shape index (κ2) is 7.16. The van der Waals surface area contributed by atoms with E-state index < -0.39 is 5.97 Å². The molecule has 0 unspecified atom stereocenters. The summed E-state index contributed by atoms with van der Waals surface area (Å²) in [6, 6.07) is 22.8. The van der Waals surface area contributed by atoms with Crippen LogP contribution in [0.3, 0.4) is 0 Å². The molecule has 0 amide bonds. The minimum absolute atomic E-state index is 0.0617. The first-order chi connectivity index (χ1) is 13.6. The predicted octanol–water partition coefficient (Wildman–Crippen LogP) is 5.81. The number of phenols is 1. The highest BCUT2D eigenvalue weighted by Crippen LogP contribution is 2.46. The Morgan fingerprint density at radius 3 is 2.00 bits per heavy atom. The van der Waals surface area contributed by atoms with Crippen molar-refractivity contribution < 1.29 is 19.0 Å². The minimum atomic E-state index is -0.653. The fraction of sp³-hybridized carbons (Fsp3) is 0.0417. The third-order valence-corrected chi connectivity index (χ3v) is 4.77. The third-order valence-electron chi connectivity index (χ3n) is 4.77. The number of hydrogen-bond donors (Lipinski definition) is 1. The van der Waals surface area contributed by atoms with Crippen molar-refractivity contribution in [1.82, 2.24) is 0 Å². The average molecular weight is 372 g/mol. The van der Waals surface area contributed by atoms with Crippen molar-refractivity contribution in [2.45, 2.75) is 0 Å². The number of esters is 1. The number of halogens is 1. The van der Waals surface area contributed by atoms with E-state index in [1.54, 1.807) is 24.3 Å². The zero-order valence-electron chi connectivity index (χ0n) is 15.1. The van der Waals surface area contributed by atoms with Crippen LogP contribution in [-0.2, 0) is 4.74 Å². The molecule has 0 saturated carbocycles. The molecule has 0 saturated heterocycles. The summed E-state index contributed by atoms with van der Waals surface area (Å²) in [7, 11) is 1.27. The van der Waals surface area contributed by atoms with Crippen LogP contribution >= 0.6 is 0 Å². The number of rotatable bonds is 3. The summed E-state index contributed by atoms with van der Waals surface area (Å²) >= 11 is 0. The van der Waals surface area contributed by atoms with Crippen LogP contribution in [0.25, 0.3) is 33.0 Å². The monoisotopic (exact) mass is 372 g/mol. The van der Waals surface area contributed by atoms with E-state index in [0.717, 1.165) is 16.5 Å². The van der Waals surface area contributed by atoms with E-state index in [1.165, 1.54) is 19.2 Å². The lowest BCUT2D eigenvalue weighted by Gasteiger charge is -2.19. The van der Waals surface area contributed by atoms with Crippen molar-refractivity contribution in [3.05, 3.63) is 90.2 Å². The molecule has 4 rings (SSSR count). The Balaban J connectivity index is 2.23. The van der Waals surface area contributed by atoms with Gasteiger partial charge in [0.15, 0.2) is 0 Å². The first-order valence-electron chi connectivity index (χ1n) is 8.79. The predicted molar refractivity (Wildman–Crippen MR) is 108 cm³/mol. The molecule has 0 fully saturated rings. The average Bonchev–Trinajstić information content (AvgIpc) is 2.74. The summed E-state index contributed by atoms with van der Waals surface area (Å²) in [6.45, 7) is 0. The lowest BCUT2D eigenvalue weighted by Crippen LogP contribution is -2.06. The SMILES string of the molecule is COC(=O)c1c(-c2ccc(F)cc2)c(-c2ccccc2)c2ccccc2c1O. The number of methoxy groups -OCH3 is 1. The van der Waals surface area contributed by atoms with Crippen LogP contribution in [0.1, 0.15) is 10.4 Å². The maximum absolute atomic E-state index is 13.5. The molecule has 0 aliphatic carbocycles. The van der Waals surface area contributed by atoms with Gasteiger partial charge in [0.1, 0.15) is 17.1 Å². The van der Waals surface area contributed by atoms with E-state index in [1.807, 2.05) is 42.5 Å². The van der Waals surface area contributed by atoms with Gasteiger partial charge in [0.05, 0.1) is 7.11 Å². The van der Waals surface area contributed by atoms with Crippen LogP contribution in [0, 0.1) is 5.82 Å². The molecule has 1 N–H and O–H groups in total. The molecular formula is C24H17FO3. The Morgan fingerprint density at radius 2 is 1.36 bits per heavy atom. The van der Waals surface area contributed by atoms with Gasteiger partial charge in [-0.05, 0) is 34.2 Å². The molecule has 4 heteroatoms. The van der Waals surface area contributed by atoms with E-state index in [2.05, 4.69) is 0 Å². The molecule has 0 aliphatic rings. The lowest BCUT2D eigenvalue weighted by molar-refractivity contribution is 0.0598. The maximum Gasteiger partial charge on any atom is 0.342 e. The Bertz CT molecular complexity index is 1170. The third kappa shape index (κ3) is 2.89. The molecule has 0 spiro atoms. The number of ether oxygens (including phenoxy) is 1. The zero-order valence-corrected chi connectivity index (χ0v) is 15.1. The second-order valence-electron chi connectivity index (χ2n) is 6.38. The summed E-state index contributed by atoms with van der Waals surface area (Å²) in [4.78, 5) is 12.7. The van der Waals surface area contributed by atoms with Gasteiger partial charge in [-0.15, -0.1) is 0 Å². The largest absolute Gasteiger partial charge is 0.506 e. The molecular weight excluding hydrogens is 355 g/mol. The standard InChI is InChI=1S/C24H17FO3/c1-28-24(27)22-21(16-11-13-17(25)14-12-16)20(15-7-3-2-4-8-15)18-9-5-6-10-19(18)23(22)26/h2-14,26H,1H3. The van der Waals surface area contributed by atoms with Crippen molar-refractivity contribution in [2.75, 3.05) is 7.11 Å². The molecule has 138 valence electrons. The molecule has 0 bridgehead atoms. The minimum Gasteiger partial charge on any atom is -0.506 e. The van der Waals surface area contributed by atoms with Crippen LogP contribution in [0.2, 0.25) is 0 Å². The Kier molecular flexibility index (Phi) is 4.53. The van der Waals surface area contributed by atoms with Gasteiger partial charge in [-0.2, -0.15) is 0 Å². The number of aromatic hydroxyl groups is 1. The van der Waals surface area contributed by atoms with E-state index >= 15 is 0 Å². The summed E-state index contributed by atoms with van der Waals surface area (Å²) < 4.78 is 18.5. The van der Waals surface area contributed by atoms with Gasteiger partial charge in [0.2, 0.25) is 0 Å². The molecule has 0 aliphatic heterocycles. The molecule has 28 heavy (non-hydrogen) atoms. The molecule has 3 nitrogen and oxygen atoms in total. The maximum atomic E-state index is 13.5. The number of fused-ring (bicyclic) bond motifs is 1. The first kappa shape index (κ1) is 17.7. The van der Waals surface area contributed by atoms with Gasteiger partial charge >= 0.3 is 5.97 Å². The van der Waals surface area contributed by atoms with Crippen LogP contribution in [0.5, 0.6) is 5.75 Å². The summed E-state index contributed by atoms with van der Waals surface area (Å²) in [5.74, 6) is -1.18. The van der Waals surface area contributed by atoms with E-state index in [-0.39, 0.29) is 17.1 Å². The molecule has 4 aromatic carbocycles. The number of carbonyl (C=O) groups excluding carboxylic acids is 1. The fourth-order valence-electron chi connectivity index (χ4n) is 3.53. The quantitative estimate of drug-likeness (QED) is 0.462. The number of benzene rings is 4. The molecule has 0 aromatic heterocycles. The number of carbonyl (C=O) groups is 1. The second-order valence-corrected chi connectivity index (χ2v) is 6.38. The van der Waals surface area contributed by atoms with Crippen LogP contribution in [0.15, 0.2) is 78.9 Å². The van der Waals surface area contributed by atoms with Gasteiger partial charge < -0.3 is 9.84 Å². The highest BCUT2D eigenvalue weighted by Gasteiger charge is 2.26. The van der Waals surface area contributed by atoms with Gasteiger partial charge in [0, 0.05) is 10.9 Å². The van der Waals surface area contributed by atoms with Crippen molar-refractivity contribution in [3.8, 4) is 28.0 Å². The topological polar surface area (TPSA) is 46.5 Å². The zero-order chi connectivity index (χ0) is 19.7. The number of hydrogen-bond acceptors (Lipinski definition) is 3. The molecule has 4 aromatic rings. The van der Waals surface area contributed by atoms with E-state index in [9.17, 15) is 14.3 Å². The summed E-state index contributed by atoms with van der Waals surface area (Å²) in [6.07, 6.45) is 0. The first-order valence-corrected chi connectivity index (χ1v) is 8.79. The van der Waals surface area contributed by atoms with Crippen LogP contribution < -0.4 is 0 Å². The Labute approximate surface area is 161 Å². The van der Waals surface area contributed by atoms with Gasteiger partial charge in [-0.3, -0.25) is 0 Å². The molecule has 0 atom stereocenters. The van der Waals surface area contributed by atoms with E-state index in [0.29, 0.717) is 16.5 Å². The van der Waals surface area contributed by atoms with Crippen LogP contribution in [-0.4, -0.2) is 18.2 Å². The highest BCUT2D eigenvalue weighted by molar-refractivity contribution is 6.15. The summed E-state index contributed by atoms with van der Waals surface area (Å²) in [5.41, 5.74) is 2.84. The lowest BCUT2D eigenvalue weighted by atomic mass is 9.85. The van der Waals surface area contributed by atoms with Gasteiger partial charge in [0.25, 0.3) is 0 Å². The summed E-state index contributed by atoms with van der Waals surface area (Å²) in [5, 5.41) is 12.3. The van der Waals surface area contributed by atoms with Gasteiger partial charge in [-0.25, -0.2) is 9.18 Å². The smallest absolute Gasteiger partial charge is 0.342 e. The van der Waals surface area contributed by atoms with Crippen molar-refractivity contribution >= 4 is 16.7 Å². The Hall–Kier alpha value is -3.66. The fourth-order valence-corrected chi connectivity index (χ4v) is 3.53. The van der Waals surface area contributed by atoms with Crippen LogP contribution in [0.4, 0.5) is 4.39 Å². The molecule has 0 radical (unpaired) electrons. The van der Waals surface area contributed by atoms with Crippen molar-refractivity contribution in [1.29, 1.82) is 0 Å². The molecule has 0 heterocycles. The van der Waals surface area contributed by atoms with Crippen molar-refractivity contribution in [2.24, 2.45) is 0 Å². The van der Waals surface area contributed by atoms with Crippen molar-refractivity contribution in [3.63, 3.8) is 0 Å².